The van der Waals surface area contributed by atoms with Crippen LogP contribution in [0.15, 0.2) is 35.1 Å². The molecule has 4 rings (SSSR count). The number of rotatable bonds is 2. The quantitative estimate of drug-likeness (QED) is 0.812. The van der Waals surface area contributed by atoms with Crippen LogP contribution in [0.4, 0.5) is 0 Å². The van der Waals surface area contributed by atoms with E-state index in [2.05, 4.69) is 4.90 Å². The zero-order valence-electron chi connectivity index (χ0n) is 15.2. The molecule has 0 unspecified atom stereocenters. The van der Waals surface area contributed by atoms with E-state index in [0.29, 0.717) is 11.6 Å². The van der Waals surface area contributed by atoms with Gasteiger partial charge in [-0.25, -0.2) is 0 Å². The van der Waals surface area contributed by atoms with Crippen LogP contribution in [0, 0.1) is 0 Å². The standard InChI is InChI=1S/C20H25N3O2S/c1-21-18-5-3-2-4-15(18)14-17(19(21)24)20(25)23-8-6-16(7-9-23)22-10-12-26-13-11-22/h2-5,14,16H,6-13H2,1H3. The van der Waals surface area contributed by atoms with Gasteiger partial charge in [0.15, 0.2) is 0 Å². The number of amides is 1. The summed E-state index contributed by atoms with van der Waals surface area (Å²) in [5.74, 6) is 2.31. The monoisotopic (exact) mass is 371 g/mol. The number of pyridine rings is 1. The first kappa shape index (κ1) is 17.6. The molecule has 2 fully saturated rings. The number of likely N-dealkylation sites (tertiary alicyclic amines) is 1. The van der Waals surface area contributed by atoms with Gasteiger partial charge in [0.05, 0.1) is 5.52 Å². The van der Waals surface area contributed by atoms with Gasteiger partial charge in [0.2, 0.25) is 0 Å². The summed E-state index contributed by atoms with van der Waals surface area (Å²) in [5.41, 5.74) is 0.943. The summed E-state index contributed by atoms with van der Waals surface area (Å²) in [6.07, 6.45) is 2.01. The third kappa shape index (κ3) is 3.28. The van der Waals surface area contributed by atoms with Crippen LogP contribution in [0.2, 0.25) is 0 Å². The Bertz CT molecular complexity index is 865. The van der Waals surface area contributed by atoms with Crippen molar-refractivity contribution in [2.75, 3.05) is 37.7 Å². The molecule has 2 aliphatic rings. The Labute approximate surface area is 158 Å². The summed E-state index contributed by atoms with van der Waals surface area (Å²) < 4.78 is 1.58. The predicted octanol–water partition coefficient (Wildman–Crippen LogP) is 2.19. The van der Waals surface area contributed by atoms with Crippen molar-refractivity contribution >= 4 is 28.6 Å². The van der Waals surface area contributed by atoms with Gasteiger partial charge < -0.3 is 9.47 Å². The maximum absolute atomic E-state index is 13.0. The molecule has 2 saturated heterocycles. The number of aryl methyl sites for hydroxylation is 1. The number of fused-ring (bicyclic) bond motifs is 1. The first-order valence-electron chi connectivity index (χ1n) is 9.35. The summed E-state index contributed by atoms with van der Waals surface area (Å²) in [5, 5.41) is 0.929. The van der Waals surface area contributed by atoms with Gasteiger partial charge in [-0.2, -0.15) is 11.8 Å². The SMILES string of the molecule is Cn1c(=O)c(C(=O)N2CCC(N3CCSCC3)CC2)cc2ccccc21. The smallest absolute Gasteiger partial charge is 0.263 e. The highest BCUT2D eigenvalue weighted by Gasteiger charge is 2.29. The van der Waals surface area contributed by atoms with Crippen molar-refractivity contribution in [2.45, 2.75) is 18.9 Å². The fourth-order valence-electron chi connectivity index (χ4n) is 4.12. The molecule has 0 saturated carbocycles. The maximum Gasteiger partial charge on any atom is 0.263 e. The first-order valence-corrected chi connectivity index (χ1v) is 10.5. The minimum Gasteiger partial charge on any atom is -0.338 e. The molecule has 2 aliphatic heterocycles. The molecule has 3 heterocycles. The third-order valence-electron chi connectivity index (χ3n) is 5.68. The number of nitrogens with zero attached hydrogens (tertiary/aromatic N) is 3. The number of benzene rings is 1. The highest BCUT2D eigenvalue weighted by atomic mass is 32.2. The molecule has 0 radical (unpaired) electrons. The Balaban J connectivity index is 1.51. The van der Waals surface area contributed by atoms with Gasteiger partial charge in [0, 0.05) is 50.8 Å². The lowest BCUT2D eigenvalue weighted by Gasteiger charge is -2.40. The number of para-hydroxylation sites is 1. The summed E-state index contributed by atoms with van der Waals surface area (Å²) in [7, 11) is 1.74. The molecule has 0 atom stereocenters. The number of thioether (sulfide) groups is 1. The molecule has 0 bridgehead atoms. The van der Waals surface area contributed by atoms with Gasteiger partial charge >= 0.3 is 0 Å². The molecule has 1 amide bonds. The van der Waals surface area contributed by atoms with Crippen LogP contribution in [-0.4, -0.2) is 64.0 Å². The number of hydrogen-bond acceptors (Lipinski definition) is 4. The molecule has 26 heavy (non-hydrogen) atoms. The Hall–Kier alpha value is -1.79. The van der Waals surface area contributed by atoms with E-state index in [-0.39, 0.29) is 11.5 Å². The Morgan fingerprint density at radius 1 is 1.08 bits per heavy atom. The number of hydrogen-bond donors (Lipinski definition) is 0. The van der Waals surface area contributed by atoms with Crippen LogP contribution < -0.4 is 5.56 Å². The van der Waals surface area contributed by atoms with E-state index >= 15 is 0 Å². The largest absolute Gasteiger partial charge is 0.338 e. The predicted molar refractivity (Wildman–Crippen MR) is 107 cm³/mol. The van der Waals surface area contributed by atoms with Crippen molar-refractivity contribution in [3.8, 4) is 0 Å². The lowest BCUT2D eigenvalue weighted by atomic mass is 10.0. The minimum absolute atomic E-state index is 0.121. The molecule has 0 aliphatic carbocycles. The Morgan fingerprint density at radius 2 is 1.77 bits per heavy atom. The lowest BCUT2D eigenvalue weighted by molar-refractivity contribution is 0.0629. The summed E-state index contributed by atoms with van der Waals surface area (Å²) in [6, 6.07) is 10.0. The zero-order chi connectivity index (χ0) is 18.1. The number of carbonyl (C=O) groups is 1. The van der Waals surface area contributed by atoms with Crippen molar-refractivity contribution in [3.05, 3.63) is 46.2 Å². The van der Waals surface area contributed by atoms with Crippen molar-refractivity contribution < 1.29 is 4.79 Å². The van der Waals surface area contributed by atoms with Gasteiger partial charge in [-0.15, -0.1) is 0 Å². The molecule has 1 aromatic carbocycles. The first-order chi connectivity index (χ1) is 12.6. The van der Waals surface area contributed by atoms with Crippen molar-refractivity contribution in [1.29, 1.82) is 0 Å². The van der Waals surface area contributed by atoms with Gasteiger partial charge in [-0.1, -0.05) is 18.2 Å². The molecule has 1 aromatic heterocycles. The van der Waals surface area contributed by atoms with E-state index in [4.69, 9.17) is 0 Å². The molecular weight excluding hydrogens is 346 g/mol. The van der Waals surface area contributed by atoms with Crippen LogP contribution in [-0.2, 0) is 7.05 Å². The normalized spacial score (nSPS) is 19.8. The number of aromatic nitrogens is 1. The van der Waals surface area contributed by atoms with Gasteiger partial charge in [0.25, 0.3) is 11.5 Å². The summed E-state index contributed by atoms with van der Waals surface area (Å²) in [4.78, 5) is 30.1. The van der Waals surface area contributed by atoms with E-state index in [0.717, 1.165) is 49.9 Å². The summed E-state index contributed by atoms with van der Waals surface area (Å²) in [6.45, 7) is 3.80. The average Bonchev–Trinajstić information content (AvgIpc) is 2.71. The summed E-state index contributed by atoms with van der Waals surface area (Å²) >= 11 is 2.03. The number of piperidine rings is 1. The Kier molecular flexibility index (Phi) is 5.05. The van der Waals surface area contributed by atoms with Crippen molar-refractivity contribution in [3.63, 3.8) is 0 Å². The highest BCUT2D eigenvalue weighted by molar-refractivity contribution is 7.99. The molecule has 0 N–H and O–H groups in total. The minimum atomic E-state index is -0.205. The van der Waals surface area contributed by atoms with Gasteiger partial charge in [0.1, 0.15) is 5.56 Å². The van der Waals surface area contributed by atoms with Crippen LogP contribution >= 0.6 is 11.8 Å². The molecular formula is C20H25N3O2S. The van der Waals surface area contributed by atoms with E-state index in [1.165, 1.54) is 11.5 Å². The highest BCUT2D eigenvalue weighted by Crippen LogP contribution is 2.22. The molecule has 5 nitrogen and oxygen atoms in total. The van der Waals surface area contributed by atoms with Gasteiger partial charge in [-0.3, -0.25) is 14.5 Å². The van der Waals surface area contributed by atoms with E-state index in [9.17, 15) is 9.59 Å². The van der Waals surface area contributed by atoms with E-state index in [1.54, 1.807) is 17.7 Å². The van der Waals surface area contributed by atoms with Crippen molar-refractivity contribution in [1.82, 2.24) is 14.4 Å². The second kappa shape index (κ2) is 7.45. The lowest BCUT2D eigenvalue weighted by Crippen LogP contribution is -2.49. The maximum atomic E-state index is 13.0. The molecule has 138 valence electrons. The topological polar surface area (TPSA) is 45.6 Å². The Morgan fingerprint density at radius 3 is 2.50 bits per heavy atom. The van der Waals surface area contributed by atoms with Crippen molar-refractivity contribution in [2.24, 2.45) is 7.05 Å². The van der Waals surface area contributed by atoms with E-state index in [1.807, 2.05) is 40.9 Å². The zero-order valence-corrected chi connectivity index (χ0v) is 16.0. The average molecular weight is 372 g/mol. The van der Waals surface area contributed by atoms with Crippen LogP contribution in [0.1, 0.15) is 23.2 Å². The molecule has 6 heteroatoms. The van der Waals surface area contributed by atoms with Crippen LogP contribution in [0.3, 0.4) is 0 Å². The third-order valence-corrected chi connectivity index (χ3v) is 6.62. The number of carbonyl (C=O) groups excluding carboxylic acids is 1. The van der Waals surface area contributed by atoms with E-state index < -0.39 is 0 Å². The van der Waals surface area contributed by atoms with Crippen LogP contribution in [0.5, 0.6) is 0 Å². The van der Waals surface area contributed by atoms with Crippen LogP contribution in [0.25, 0.3) is 10.9 Å². The van der Waals surface area contributed by atoms with Gasteiger partial charge in [-0.05, 0) is 30.4 Å². The molecule has 0 spiro atoms. The second-order valence-corrected chi connectivity index (χ2v) is 8.38. The fourth-order valence-corrected chi connectivity index (χ4v) is 5.05. The second-order valence-electron chi connectivity index (χ2n) is 7.15. The fraction of sp³-hybridized carbons (Fsp3) is 0.500. The molecule has 2 aromatic rings.